The molecular weight excluding hydrogens is 264 g/mol. The highest BCUT2D eigenvalue weighted by molar-refractivity contribution is 5.89. The Bertz CT molecular complexity index is 525. The molecule has 0 saturated heterocycles. The van der Waals surface area contributed by atoms with Gasteiger partial charge in [-0.25, -0.2) is 0 Å². The predicted molar refractivity (Wildman–Crippen MR) is 80.9 cm³/mol. The van der Waals surface area contributed by atoms with Gasteiger partial charge in [-0.05, 0) is 36.5 Å². The van der Waals surface area contributed by atoms with Crippen molar-refractivity contribution in [1.82, 2.24) is 5.32 Å². The summed E-state index contributed by atoms with van der Waals surface area (Å²) in [5.74, 6) is 1.28. The van der Waals surface area contributed by atoms with Crippen LogP contribution in [0.15, 0.2) is 24.3 Å². The third-order valence-corrected chi connectivity index (χ3v) is 3.96. The zero-order chi connectivity index (χ0) is 15.3. The van der Waals surface area contributed by atoms with Crippen molar-refractivity contribution in [2.24, 2.45) is 5.92 Å². The molecule has 1 amide bonds. The summed E-state index contributed by atoms with van der Waals surface area (Å²) >= 11 is 0. The van der Waals surface area contributed by atoms with E-state index in [-0.39, 0.29) is 12.5 Å². The van der Waals surface area contributed by atoms with Gasteiger partial charge < -0.3 is 10.1 Å². The average molecular weight is 286 g/mol. The Hall–Kier alpha value is -2.02. The van der Waals surface area contributed by atoms with Gasteiger partial charge in [0.2, 0.25) is 5.91 Å². The first-order valence-electron chi connectivity index (χ1n) is 7.47. The number of rotatable bonds is 6. The predicted octanol–water partition coefficient (Wildman–Crippen LogP) is 2.78. The molecule has 0 unspecified atom stereocenters. The molecule has 4 nitrogen and oxygen atoms in total. The van der Waals surface area contributed by atoms with Gasteiger partial charge in [-0.3, -0.25) is 4.79 Å². The Morgan fingerprint density at radius 3 is 2.52 bits per heavy atom. The van der Waals surface area contributed by atoms with E-state index < -0.39 is 5.41 Å². The van der Waals surface area contributed by atoms with Crippen LogP contribution in [0.3, 0.4) is 0 Å². The van der Waals surface area contributed by atoms with E-state index in [1.165, 1.54) is 0 Å². The monoisotopic (exact) mass is 286 g/mol. The topological polar surface area (TPSA) is 62.1 Å². The van der Waals surface area contributed by atoms with E-state index in [4.69, 9.17) is 10.00 Å². The number of benzene rings is 1. The van der Waals surface area contributed by atoms with E-state index in [2.05, 4.69) is 19.2 Å². The molecule has 1 N–H and O–H groups in total. The number of hydrogen-bond acceptors (Lipinski definition) is 3. The van der Waals surface area contributed by atoms with Gasteiger partial charge in [-0.1, -0.05) is 32.4 Å². The maximum atomic E-state index is 12.3. The van der Waals surface area contributed by atoms with Gasteiger partial charge in [0.15, 0.2) is 0 Å². The summed E-state index contributed by atoms with van der Waals surface area (Å²) in [7, 11) is 0. The Kier molecular flexibility index (Phi) is 4.85. The second-order valence-electron chi connectivity index (χ2n) is 6.01. The van der Waals surface area contributed by atoms with Crippen molar-refractivity contribution in [3.8, 4) is 11.8 Å². The maximum absolute atomic E-state index is 12.3. The molecule has 1 fully saturated rings. The molecule has 1 aromatic carbocycles. The Morgan fingerprint density at radius 1 is 1.38 bits per heavy atom. The van der Waals surface area contributed by atoms with E-state index in [1.807, 2.05) is 30.3 Å². The number of carbonyl (C=O) groups is 1. The van der Waals surface area contributed by atoms with Gasteiger partial charge in [-0.15, -0.1) is 0 Å². The van der Waals surface area contributed by atoms with Crippen LogP contribution in [0.1, 0.15) is 38.7 Å². The fourth-order valence-electron chi connectivity index (χ4n) is 2.60. The summed E-state index contributed by atoms with van der Waals surface area (Å²) in [5, 5.41) is 11.3. The van der Waals surface area contributed by atoms with E-state index in [0.717, 1.165) is 30.6 Å². The zero-order valence-electron chi connectivity index (χ0n) is 12.7. The molecule has 0 bridgehead atoms. The van der Waals surface area contributed by atoms with Crippen LogP contribution in [0, 0.1) is 17.2 Å². The van der Waals surface area contributed by atoms with Crippen LogP contribution in [0.2, 0.25) is 0 Å². The van der Waals surface area contributed by atoms with Crippen LogP contribution in [-0.2, 0) is 10.2 Å². The lowest BCUT2D eigenvalue weighted by Crippen LogP contribution is -2.49. The Balaban J connectivity index is 2.08. The standard InChI is InChI=1S/C17H22N2O2/c1-13(2)12-21-15-6-4-14(5-7-15)17(8-3-9-17)16(20)19-11-10-18/h4-7,13H,3,8-9,11-12H2,1-2H3,(H,19,20). The zero-order valence-corrected chi connectivity index (χ0v) is 12.7. The second kappa shape index (κ2) is 6.62. The summed E-state index contributed by atoms with van der Waals surface area (Å²) in [5.41, 5.74) is 0.564. The molecule has 0 spiro atoms. The first-order valence-corrected chi connectivity index (χ1v) is 7.47. The summed E-state index contributed by atoms with van der Waals surface area (Å²) < 4.78 is 5.67. The number of ether oxygens (including phenoxy) is 1. The van der Waals surface area contributed by atoms with Crippen molar-refractivity contribution in [3.05, 3.63) is 29.8 Å². The smallest absolute Gasteiger partial charge is 0.231 e. The van der Waals surface area contributed by atoms with E-state index in [0.29, 0.717) is 12.5 Å². The SMILES string of the molecule is CC(C)COc1ccc(C2(C(=O)NCC#N)CCC2)cc1. The fourth-order valence-corrected chi connectivity index (χ4v) is 2.60. The molecule has 0 heterocycles. The first kappa shape index (κ1) is 15.4. The van der Waals surface area contributed by atoms with Crippen molar-refractivity contribution in [2.45, 2.75) is 38.5 Å². The minimum Gasteiger partial charge on any atom is -0.493 e. The van der Waals surface area contributed by atoms with Crippen LogP contribution in [-0.4, -0.2) is 19.1 Å². The van der Waals surface area contributed by atoms with Gasteiger partial charge in [0.25, 0.3) is 0 Å². The van der Waals surface area contributed by atoms with Crippen LogP contribution in [0.25, 0.3) is 0 Å². The third-order valence-electron chi connectivity index (χ3n) is 3.96. The Morgan fingerprint density at radius 2 is 2.05 bits per heavy atom. The first-order chi connectivity index (χ1) is 10.1. The summed E-state index contributed by atoms with van der Waals surface area (Å²) in [6, 6.07) is 9.75. The molecule has 1 saturated carbocycles. The minimum atomic E-state index is -0.451. The second-order valence-corrected chi connectivity index (χ2v) is 6.01. The third kappa shape index (κ3) is 3.36. The number of nitrogens with zero attached hydrogens (tertiary/aromatic N) is 1. The summed E-state index contributed by atoms with van der Waals surface area (Å²) in [4.78, 5) is 12.3. The summed E-state index contributed by atoms with van der Waals surface area (Å²) in [6.07, 6.45) is 2.73. The number of carbonyl (C=O) groups excluding carboxylic acids is 1. The lowest BCUT2D eigenvalue weighted by molar-refractivity contribution is -0.129. The molecule has 1 aliphatic carbocycles. The number of nitrogens with one attached hydrogen (secondary N) is 1. The molecule has 2 rings (SSSR count). The van der Waals surface area contributed by atoms with Crippen molar-refractivity contribution in [1.29, 1.82) is 5.26 Å². The molecule has 0 radical (unpaired) electrons. The minimum absolute atomic E-state index is 0.0360. The van der Waals surface area contributed by atoms with Gasteiger partial charge in [0, 0.05) is 0 Å². The van der Waals surface area contributed by atoms with Gasteiger partial charge in [0.05, 0.1) is 18.1 Å². The van der Waals surface area contributed by atoms with Crippen LogP contribution in [0.4, 0.5) is 0 Å². The van der Waals surface area contributed by atoms with Gasteiger partial charge >= 0.3 is 0 Å². The highest BCUT2D eigenvalue weighted by Gasteiger charge is 2.45. The molecule has 21 heavy (non-hydrogen) atoms. The number of amides is 1. The fraction of sp³-hybridized carbons (Fsp3) is 0.529. The highest BCUT2D eigenvalue weighted by Crippen LogP contribution is 2.44. The molecular formula is C17H22N2O2. The van der Waals surface area contributed by atoms with Crippen LogP contribution in [0.5, 0.6) is 5.75 Å². The molecule has 1 aliphatic rings. The molecule has 0 aromatic heterocycles. The van der Waals surface area contributed by atoms with Crippen molar-refractivity contribution in [3.63, 3.8) is 0 Å². The van der Waals surface area contributed by atoms with Crippen LogP contribution >= 0.6 is 0 Å². The van der Waals surface area contributed by atoms with E-state index in [9.17, 15) is 4.79 Å². The average Bonchev–Trinajstić information content (AvgIpc) is 2.43. The van der Waals surface area contributed by atoms with Crippen molar-refractivity contribution in [2.75, 3.05) is 13.2 Å². The molecule has 0 aliphatic heterocycles. The summed E-state index contributed by atoms with van der Waals surface area (Å²) in [6.45, 7) is 4.97. The number of hydrogen-bond donors (Lipinski definition) is 1. The Labute approximate surface area is 126 Å². The van der Waals surface area contributed by atoms with Gasteiger partial charge in [0.1, 0.15) is 12.3 Å². The van der Waals surface area contributed by atoms with Crippen LogP contribution < -0.4 is 10.1 Å². The lowest BCUT2D eigenvalue weighted by atomic mass is 9.64. The molecule has 112 valence electrons. The largest absolute Gasteiger partial charge is 0.493 e. The molecule has 4 heteroatoms. The lowest BCUT2D eigenvalue weighted by Gasteiger charge is -2.40. The normalized spacial score (nSPS) is 15.9. The van der Waals surface area contributed by atoms with Gasteiger partial charge in [-0.2, -0.15) is 5.26 Å². The van der Waals surface area contributed by atoms with E-state index >= 15 is 0 Å². The van der Waals surface area contributed by atoms with Crippen molar-refractivity contribution < 1.29 is 9.53 Å². The van der Waals surface area contributed by atoms with E-state index in [1.54, 1.807) is 0 Å². The molecule has 0 atom stereocenters. The molecule has 1 aromatic rings. The van der Waals surface area contributed by atoms with Crippen molar-refractivity contribution >= 4 is 5.91 Å². The highest BCUT2D eigenvalue weighted by atomic mass is 16.5. The quantitative estimate of drug-likeness (QED) is 0.818. The maximum Gasteiger partial charge on any atom is 0.231 e. The number of nitriles is 1.